The Labute approximate surface area is 146 Å². The molecule has 0 fully saturated rings. The van der Waals surface area contributed by atoms with Crippen molar-refractivity contribution in [3.05, 3.63) is 41.7 Å². The van der Waals surface area contributed by atoms with Gasteiger partial charge in [0, 0.05) is 25.4 Å². The van der Waals surface area contributed by atoms with E-state index in [4.69, 9.17) is 9.47 Å². The summed E-state index contributed by atoms with van der Waals surface area (Å²) in [7, 11) is 0. The summed E-state index contributed by atoms with van der Waals surface area (Å²) in [6.07, 6.45) is 6.34. The van der Waals surface area contributed by atoms with Gasteiger partial charge in [-0.1, -0.05) is 0 Å². The molecule has 0 aromatic carbocycles. The van der Waals surface area contributed by atoms with Crippen molar-refractivity contribution in [1.82, 2.24) is 19.7 Å². The number of aryl methyl sites for hydroxylation is 2. The molecule has 0 saturated heterocycles. The average Bonchev–Trinajstić information content (AvgIpc) is 3.12. The molecule has 0 saturated carbocycles. The topological polar surface area (TPSA) is 96.2 Å². The largest absolute Gasteiger partial charge is 0.461 e. The lowest BCUT2D eigenvalue weighted by molar-refractivity contribution is 0.0465. The summed E-state index contributed by atoms with van der Waals surface area (Å²) in [5.41, 5.74) is -0.355. The Morgan fingerprint density at radius 1 is 0.960 bits per heavy atom. The van der Waals surface area contributed by atoms with Gasteiger partial charge in [-0.25, -0.2) is 14.6 Å². The van der Waals surface area contributed by atoms with Crippen LogP contribution in [-0.2, 0) is 22.4 Å². The fourth-order valence-corrected chi connectivity index (χ4v) is 2.24. The van der Waals surface area contributed by atoms with E-state index in [0.717, 1.165) is 19.4 Å². The summed E-state index contributed by atoms with van der Waals surface area (Å²) in [4.78, 5) is 28.1. The molecule has 2 aromatic rings. The molecule has 0 N–H and O–H groups in total. The fraction of sp³-hybridized carbons (Fsp3) is 0.471. The maximum atomic E-state index is 12.0. The Morgan fingerprint density at radius 3 is 2.24 bits per heavy atom. The number of ether oxygens (including phenoxy) is 2. The first kappa shape index (κ1) is 18.6. The van der Waals surface area contributed by atoms with Crippen molar-refractivity contribution in [3.63, 3.8) is 0 Å². The van der Waals surface area contributed by atoms with Gasteiger partial charge in [0.05, 0.1) is 13.2 Å². The molecule has 2 aromatic heterocycles. The lowest BCUT2D eigenvalue weighted by atomic mass is 10.2. The van der Waals surface area contributed by atoms with Crippen molar-refractivity contribution in [2.24, 2.45) is 0 Å². The molecule has 0 amide bonds. The summed E-state index contributed by atoms with van der Waals surface area (Å²) in [6, 6.07) is 3.96. The molecule has 8 nitrogen and oxygen atoms in total. The monoisotopic (exact) mass is 346 g/mol. The maximum Gasteiger partial charge on any atom is 0.361 e. The van der Waals surface area contributed by atoms with E-state index in [1.807, 2.05) is 24.5 Å². The number of carbonyl (C=O) groups excluding carboxylic acids is 2. The number of unbranched alkanes of at least 4 members (excludes halogenated alkanes) is 1. The molecule has 8 heteroatoms. The van der Waals surface area contributed by atoms with Crippen molar-refractivity contribution < 1.29 is 19.1 Å². The summed E-state index contributed by atoms with van der Waals surface area (Å²) < 4.78 is 11.9. The first-order valence-corrected chi connectivity index (χ1v) is 8.34. The third-order valence-electron chi connectivity index (χ3n) is 3.40. The van der Waals surface area contributed by atoms with Crippen LogP contribution in [0.25, 0.3) is 0 Å². The third-order valence-corrected chi connectivity index (χ3v) is 3.40. The van der Waals surface area contributed by atoms with Gasteiger partial charge in [0.25, 0.3) is 0 Å². The van der Waals surface area contributed by atoms with E-state index >= 15 is 0 Å². The van der Waals surface area contributed by atoms with E-state index in [2.05, 4.69) is 19.7 Å². The number of hydrogen-bond acceptors (Lipinski definition) is 7. The third kappa shape index (κ3) is 5.37. The molecule has 0 bridgehead atoms. The predicted molar refractivity (Wildman–Crippen MR) is 89.1 cm³/mol. The number of nitrogens with zero attached hydrogens (tertiary/aromatic N) is 4. The minimum absolute atomic E-state index is 0.143. The lowest BCUT2D eigenvalue weighted by Crippen LogP contribution is -2.20. The fourth-order valence-electron chi connectivity index (χ4n) is 2.24. The molecule has 2 heterocycles. The smallest absolute Gasteiger partial charge is 0.361 e. The van der Waals surface area contributed by atoms with Crippen molar-refractivity contribution in [2.75, 3.05) is 13.2 Å². The normalized spacial score (nSPS) is 10.5. The molecule has 0 aliphatic rings. The van der Waals surface area contributed by atoms with Gasteiger partial charge >= 0.3 is 11.9 Å². The van der Waals surface area contributed by atoms with Crippen molar-refractivity contribution in [1.29, 1.82) is 0 Å². The Kier molecular flexibility index (Phi) is 7.06. The zero-order valence-corrected chi connectivity index (χ0v) is 14.5. The SMILES string of the molecule is CCOC(=O)c1nnc(CCCCn2cccc2)nc1C(=O)OCC. The summed E-state index contributed by atoms with van der Waals surface area (Å²) >= 11 is 0. The van der Waals surface area contributed by atoms with Gasteiger partial charge in [0.1, 0.15) is 0 Å². The average molecular weight is 346 g/mol. The molecular formula is C17H22N4O4. The first-order chi connectivity index (χ1) is 12.2. The quantitative estimate of drug-likeness (QED) is 0.506. The van der Waals surface area contributed by atoms with Gasteiger partial charge in [0.2, 0.25) is 5.69 Å². The summed E-state index contributed by atoms with van der Waals surface area (Å²) in [5.74, 6) is -1.03. The zero-order chi connectivity index (χ0) is 18.1. The Balaban J connectivity index is 2.04. The van der Waals surface area contributed by atoms with E-state index < -0.39 is 11.9 Å². The molecule has 0 spiro atoms. The molecule has 134 valence electrons. The molecule has 0 radical (unpaired) electrons. The van der Waals surface area contributed by atoms with E-state index in [1.54, 1.807) is 13.8 Å². The van der Waals surface area contributed by atoms with Crippen LogP contribution in [0.4, 0.5) is 0 Å². The van der Waals surface area contributed by atoms with Gasteiger partial charge in [-0.15, -0.1) is 10.2 Å². The van der Waals surface area contributed by atoms with Crippen LogP contribution in [0.5, 0.6) is 0 Å². The Morgan fingerprint density at radius 2 is 1.60 bits per heavy atom. The highest BCUT2D eigenvalue weighted by Gasteiger charge is 2.24. The minimum atomic E-state index is -0.732. The summed E-state index contributed by atoms with van der Waals surface area (Å²) in [5, 5.41) is 7.78. The van der Waals surface area contributed by atoms with E-state index in [9.17, 15) is 9.59 Å². The zero-order valence-electron chi connectivity index (χ0n) is 14.5. The van der Waals surface area contributed by atoms with Gasteiger partial charge in [0.15, 0.2) is 11.5 Å². The van der Waals surface area contributed by atoms with Crippen LogP contribution >= 0.6 is 0 Å². The second kappa shape index (κ2) is 9.51. The van der Waals surface area contributed by atoms with Crippen LogP contribution in [0, 0.1) is 0 Å². The van der Waals surface area contributed by atoms with E-state index in [1.165, 1.54) is 0 Å². The van der Waals surface area contributed by atoms with Gasteiger partial charge in [-0.05, 0) is 38.8 Å². The highest BCUT2D eigenvalue weighted by atomic mass is 16.5. The van der Waals surface area contributed by atoms with E-state index in [-0.39, 0.29) is 24.6 Å². The first-order valence-electron chi connectivity index (χ1n) is 8.34. The number of carbonyl (C=O) groups is 2. The summed E-state index contributed by atoms with van der Waals surface area (Å²) in [6.45, 7) is 4.59. The van der Waals surface area contributed by atoms with Crippen LogP contribution in [0.1, 0.15) is 53.5 Å². The highest BCUT2D eigenvalue weighted by Crippen LogP contribution is 2.09. The number of aromatic nitrogens is 4. The van der Waals surface area contributed by atoms with Crippen LogP contribution in [-0.4, -0.2) is 44.9 Å². The molecule has 0 aliphatic heterocycles. The predicted octanol–water partition coefficient (Wildman–Crippen LogP) is 2.05. The van der Waals surface area contributed by atoms with Crippen molar-refractivity contribution in [3.8, 4) is 0 Å². The lowest BCUT2D eigenvalue weighted by Gasteiger charge is -2.08. The van der Waals surface area contributed by atoms with Gasteiger partial charge in [-0.2, -0.15) is 0 Å². The Bertz CT molecular complexity index is 701. The van der Waals surface area contributed by atoms with Crippen LogP contribution < -0.4 is 0 Å². The minimum Gasteiger partial charge on any atom is -0.461 e. The van der Waals surface area contributed by atoms with Crippen LogP contribution in [0.3, 0.4) is 0 Å². The van der Waals surface area contributed by atoms with Gasteiger partial charge in [-0.3, -0.25) is 0 Å². The molecule has 0 atom stereocenters. The van der Waals surface area contributed by atoms with Crippen molar-refractivity contribution in [2.45, 2.75) is 39.7 Å². The standard InChI is InChI=1S/C17H22N4O4/c1-3-24-16(22)14-15(17(23)25-4-2)20-19-13(18-14)9-5-6-10-21-11-7-8-12-21/h7-8,11-12H,3-6,9-10H2,1-2H3. The van der Waals surface area contributed by atoms with E-state index in [0.29, 0.717) is 12.2 Å². The highest BCUT2D eigenvalue weighted by molar-refractivity contribution is 6.00. The molecule has 25 heavy (non-hydrogen) atoms. The molecule has 0 aliphatic carbocycles. The van der Waals surface area contributed by atoms with Crippen molar-refractivity contribution >= 4 is 11.9 Å². The molecule has 2 rings (SSSR count). The molecule has 0 unspecified atom stereocenters. The Hall–Kier alpha value is -2.77. The van der Waals surface area contributed by atoms with Gasteiger partial charge < -0.3 is 14.0 Å². The van der Waals surface area contributed by atoms with Crippen LogP contribution in [0.15, 0.2) is 24.5 Å². The number of rotatable bonds is 9. The number of hydrogen-bond donors (Lipinski definition) is 0. The number of esters is 2. The molecular weight excluding hydrogens is 324 g/mol. The van der Waals surface area contributed by atoms with Crippen LogP contribution in [0.2, 0.25) is 0 Å². The second-order valence-corrected chi connectivity index (χ2v) is 5.24. The second-order valence-electron chi connectivity index (χ2n) is 5.24. The maximum absolute atomic E-state index is 12.0.